The van der Waals surface area contributed by atoms with Crippen molar-refractivity contribution in [1.82, 2.24) is 9.29 Å². The molecule has 0 saturated heterocycles. The summed E-state index contributed by atoms with van der Waals surface area (Å²) in [7, 11) is -3.83. The summed E-state index contributed by atoms with van der Waals surface area (Å²) < 4.78 is 27.4. The highest BCUT2D eigenvalue weighted by molar-refractivity contribution is 7.89. The number of sulfonamides is 1. The van der Waals surface area contributed by atoms with Gasteiger partial charge in [-0.1, -0.05) is 24.3 Å². The number of aliphatic carboxylic acids is 1. The van der Waals surface area contributed by atoms with E-state index in [1.54, 1.807) is 56.4 Å². The fraction of sp³-hybridized carbons (Fsp3) is 0.294. The predicted molar refractivity (Wildman–Crippen MR) is 90.0 cm³/mol. The maximum absolute atomic E-state index is 13.1. The lowest BCUT2D eigenvalue weighted by molar-refractivity contribution is -0.137. The van der Waals surface area contributed by atoms with Crippen molar-refractivity contribution >= 4 is 16.0 Å². The van der Waals surface area contributed by atoms with Crippen molar-refractivity contribution in [3.05, 3.63) is 59.4 Å². The molecular weight excluding hydrogens is 328 g/mol. The van der Waals surface area contributed by atoms with E-state index < -0.39 is 16.0 Å². The fourth-order valence-corrected chi connectivity index (χ4v) is 4.35. The van der Waals surface area contributed by atoms with Gasteiger partial charge in [-0.25, -0.2) is 8.42 Å². The number of hydrogen-bond acceptors (Lipinski definition) is 4. The number of hydrogen-bond donors (Lipinski definition) is 1. The molecule has 0 amide bonds. The Bertz CT molecular complexity index is 799. The Labute approximate surface area is 141 Å². The highest BCUT2D eigenvalue weighted by Crippen LogP contribution is 2.25. The molecule has 0 unspecified atom stereocenters. The second-order valence-electron chi connectivity index (χ2n) is 5.52. The van der Waals surface area contributed by atoms with Crippen molar-refractivity contribution in [2.75, 3.05) is 6.54 Å². The van der Waals surface area contributed by atoms with Gasteiger partial charge in [0, 0.05) is 12.7 Å². The third-order valence-electron chi connectivity index (χ3n) is 3.65. The van der Waals surface area contributed by atoms with Gasteiger partial charge in [-0.3, -0.25) is 9.78 Å². The molecule has 0 aliphatic carbocycles. The summed E-state index contributed by atoms with van der Waals surface area (Å²) >= 11 is 0. The number of nitrogens with zero attached hydrogens (tertiary/aromatic N) is 2. The molecule has 0 bridgehead atoms. The zero-order valence-electron chi connectivity index (χ0n) is 13.6. The van der Waals surface area contributed by atoms with Crippen molar-refractivity contribution in [1.29, 1.82) is 0 Å². The van der Waals surface area contributed by atoms with Crippen LogP contribution in [-0.2, 0) is 21.4 Å². The van der Waals surface area contributed by atoms with Gasteiger partial charge in [0.05, 0.1) is 23.6 Å². The van der Waals surface area contributed by atoms with Crippen LogP contribution < -0.4 is 0 Å². The summed E-state index contributed by atoms with van der Waals surface area (Å²) in [4.78, 5) is 15.3. The van der Waals surface area contributed by atoms with E-state index in [0.717, 1.165) is 0 Å². The summed E-state index contributed by atoms with van der Waals surface area (Å²) in [6, 6.07) is 10.5. The van der Waals surface area contributed by atoms with Crippen LogP contribution in [-0.4, -0.2) is 35.3 Å². The number of carboxylic acid groups (broad SMARTS) is 1. The molecule has 128 valence electrons. The van der Waals surface area contributed by atoms with Crippen LogP contribution in [0.1, 0.15) is 23.2 Å². The summed E-state index contributed by atoms with van der Waals surface area (Å²) in [6.07, 6.45) is 1.31. The van der Waals surface area contributed by atoms with Crippen LogP contribution in [0.3, 0.4) is 0 Å². The monoisotopic (exact) mass is 348 g/mol. The molecule has 7 heteroatoms. The van der Waals surface area contributed by atoms with E-state index in [0.29, 0.717) is 16.8 Å². The Hall–Kier alpha value is -2.25. The molecule has 0 atom stereocenters. The minimum Gasteiger partial charge on any atom is -0.481 e. The number of benzene rings is 1. The Morgan fingerprint density at radius 1 is 1.12 bits per heavy atom. The first-order chi connectivity index (χ1) is 11.3. The maximum atomic E-state index is 13.1. The Kier molecular flexibility index (Phi) is 5.69. The molecule has 6 nitrogen and oxygen atoms in total. The van der Waals surface area contributed by atoms with Gasteiger partial charge in [-0.05, 0) is 37.1 Å². The number of carbonyl (C=O) groups is 1. The van der Waals surface area contributed by atoms with Gasteiger partial charge in [0.1, 0.15) is 0 Å². The van der Waals surface area contributed by atoms with Gasteiger partial charge in [0.25, 0.3) is 0 Å². The second kappa shape index (κ2) is 7.55. The molecule has 2 rings (SSSR count). The normalized spacial score (nSPS) is 11.6. The van der Waals surface area contributed by atoms with E-state index in [1.165, 1.54) is 4.31 Å². The zero-order valence-corrected chi connectivity index (χ0v) is 14.5. The summed E-state index contributed by atoms with van der Waals surface area (Å²) in [5.74, 6) is -1.04. The molecule has 1 heterocycles. The topological polar surface area (TPSA) is 87.6 Å². The molecule has 0 aliphatic rings. The van der Waals surface area contributed by atoms with E-state index in [9.17, 15) is 13.2 Å². The SMILES string of the molecule is Cc1cccc(C)c1S(=O)(=O)N(CCC(=O)O)Cc1ccccn1. The van der Waals surface area contributed by atoms with Crippen molar-refractivity contribution in [2.24, 2.45) is 0 Å². The van der Waals surface area contributed by atoms with Crippen LogP contribution in [0.2, 0.25) is 0 Å². The summed E-state index contributed by atoms with van der Waals surface area (Å²) in [6.45, 7) is 3.39. The Morgan fingerprint density at radius 2 is 1.79 bits per heavy atom. The van der Waals surface area contributed by atoms with E-state index in [1.807, 2.05) is 0 Å². The lowest BCUT2D eigenvalue weighted by atomic mass is 10.2. The lowest BCUT2D eigenvalue weighted by Crippen LogP contribution is -2.33. The molecule has 0 spiro atoms. The minimum atomic E-state index is -3.83. The molecule has 2 aromatic rings. The molecule has 1 aromatic carbocycles. The molecule has 0 fully saturated rings. The van der Waals surface area contributed by atoms with Gasteiger partial charge in [-0.15, -0.1) is 0 Å². The first-order valence-electron chi connectivity index (χ1n) is 7.50. The first kappa shape index (κ1) is 18.1. The number of rotatable bonds is 7. The van der Waals surface area contributed by atoms with Crippen LogP contribution in [0.5, 0.6) is 0 Å². The van der Waals surface area contributed by atoms with Gasteiger partial charge < -0.3 is 5.11 Å². The third-order valence-corrected chi connectivity index (χ3v) is 5.80. The van der Waals surface area contributed by atoms with Crippen LogP contribution in [0.15, 0.2) is 47.5 Å². The molecular formula is C17H20N2O4S. The first-order valence-corrected chi connectivity index (χ1v) is 8.94. The van der Waals surface area contributed by atoms with Crippen molar-refractivity contribution in [2.45, 2.75) is 31.7 Å². The number of aryl methyl sites for hydroxylation is 2. The standard InChI is InChI=1S/C17H20N2O4S/c1-13-6-5-7-14(2)17(13)24(22,23)19(11-9-16(20)21)12-15-8-3-4-10-18-15/h3-8,10H,9,11-12H2,1-2H3,(H,20,21). The second-order valence-corrected chi connectivity index (χ2v) is 7.40. The lowest BCUT2D eigenvalue weighted by Gasteiger charge is -2.23. The molecule has 1 N–H and O–H groups in total. The van der Waals surface area contributed by atoms with Gasteiger partial charge in [-0.2, -0.15) is 4.31 Å². The quantitative estimate of drug-likeness (QED) is 0.830. The molecule has 0 radical (unpaired) electrons. The van der Waals surface area contributed by atoms with Crippen molar-refractivity contribution < 1.29 is 18.3 Å². The molecule has 24 heavy (non-hydrogen) atoms. The average Bonchev–Trinajstić information content (AvgIpc) is 2.51. The average molecular weight is 348 g/mol. The fourth-order valence-electron chi connectivity index (χ4n) is 2.51. The van der Waals surface area contributed by atoms with Crippen LogP contribution in [0.25, 0.3) is 0 Å². The number of aromatic nitrogens is 1. The van der Waals surface area contributed by atoms with Gasteiger partial charge >= 0.3 is 5.97 Å². The highest BCUT2D eigenvalue weighted by Gasteiger charge is 2.28. The predicted octanol–water partition coefficient (Wildman–Crippen LogP) is 2.36. The van der Waals surface area contributed by atoms with Crippen LogP contribution in [0, 0.1) is 13.8 Å². The Morgan fingerprint density at radius 3 is 2.33 bits per heavy atom. The van der Waals surface area contributed by atoms with Gasteiger partial charge in [0.2, 0.25) is 10.0 Å². The molecule has 1 aromatic heterocycles. The smallest absolute Gasteiger partial charge is 0.304 e. The maximum Gasteiger partial charge on any atom is 0.304 e. The van der Waals surface area contributed by atoms with Crippen molar-refractivity contribution in [3.8, 4) is 0 Å². The molecule has 0 saturated carbocycles. The zero-order chi connectivity index (χ0) is 17.7. The van der Waals surface area contributed by atoms with Crippen molar-refractivity contribution in [3.63, 3.8) is 0 Å². The Balaban J connectivity index is 2.42. The van der Waals surface area contributed by atoms with Crippen LogP contribution >= 0.6 is 0 Å². The van der Waals surface area contributed by atoms with E-state index >= 15 is 0 Å². The third kappa shape index (κ3) is 4.18. The van der Waals surface area contributed by atoms with E-state index in [-0.39, 0.29) is 24.4 Å². The largest absolute Gasteiger partial charge is 0.481 e. The summed E-state index contributed by atoms with van der Waals surface area (Å²) in [5, 5.41) is 8.94. The van der Waals surface area contributed by atoms with Gasteiger partial charge in [0.15, 0.2) is 0 Å². The number of pyridine rings is 1. The van der Waals surface area contributed by atoms with Crippen LogP contribution in [0.4, 0.5) is 0 Å². The summed E-state index contributed by atoms with van der Waals surface area (Å²) in [5.41, 5.74) is 1.84. The van der Waals surface area contributed by atoms with E-state index in [2.05, 4.69) is 4.98 Å². The number of carboxylic acids is 1. The van der Waals surface area contributed by atoms with E-state index in [4.69, 9.17) is 5.11 Å². The highest BCUT2D eigenvalue weighted by atomic mass is 32.2. The minimum absolute atomic E-state index is 0.0320. The molecule has 0 aliphatic heterocycles.